The molecule has 98 valence electrons. The largest absolute Gasteiger partial charge is 0.481 e. The molecule has 2 aliphatic heterocycles. The van der Waals surface area contributed by atoms with E-state index in [9.17, 15) is 5.11 Å². The van der Waals surface area contributed by atoms with Crippen molar-refractivity contribution in [2.24, 2.45) is 0 Å². The maximum absolute atomic E-state index is 10.9. The van der Waals surface area contributed by atoms with Crippen LogP contribution in [0.15, 0.2) is 18.3 Å². The van der Waals surface area contributed by atoms with E-state index in [-0.39, 0.29) is 0 Å². The molecule has 0 aromatic carbocycles. The average molecular weight is 265 g/mol. The van der Waals surface area contributed by atoms with Crippen LogP contribution in [0.1, 0.15) is 37.7 Å². The molecule has 0 saturated carbocycles. The molecule has 2 saturated heterocycles. The van der Waals surface area contributed by atoms with Crippen LogP contribution in [0.2, 0.25) is 0 Å². The van der Waals surface area contributed by atoms with Crippen molar-refractivity contribution in [3.8, 4) is 5.88 Å². The second-order valence-electron chi connectivity index (χ2n) is 5.34. The highest BCUT2D eigenvalue weighted by Crippen LogP contribution is 2.49. The monoisotopic (exact) mass is 265 g/mol. The Kier molecular flexibility index (Phi) is 3.24. The van der Waals surface area contributed by atoms with Crippen LogP contribution in [-0.4, -0.2) is 27.7 Å². The number of aromatic nitrogens is 1. The Hall–Kier alpha value is -0.740. The molecule has 0 amide bonds. The van der Waals surface area contributed by atoms with E-state index in [1.807, 2.05) is 12.1 Å². The summed E-state index contributed by atoms with van der Waals surface area (Å²) in [5.74, 6) is 0.604. The molecule has 1 N–H and O–H groups in total. The number of thioether (sulfide) groups is 1. The van der Waals surface area contributed by atoms with Gasteiger partial charge in [0, 0.05) is 28.3 Å². The normalized spacial score (nSPS) is 35.2. The lowest BCUT2D eigenvalue weighted by molar-refractivity contribution is 0.00776. The Labute approximate surface area is 112 Å². The molecular weight excluding hydrogens is 246 g/mol. The third-order valence-corrected chi connectivity index (χ3v) is 5.63. The number of aliphatic hydroxyl groups is 1. The predicted octanol–water partition coefficient (Wildman–Crippen LogP) is 2.73. The first-order valence-electron chi connectivity index (χ1n) is 6.58. The van der Waals surface area contributed by atoms with E-state index in [1.54, 1.807) is 13.3 Å². The molecule has 1 aromatic heterocycles. The second kappa shape index (κ2) is 4.74. The van der Waals surface area contributed by atoms with Crippen molar-refractivity contribution in [1.29, 1.82) is 0 Å². The van der Waals surface area contributed by atoms with Crippen molar-refractivity contribution >= 4 is 11.8 Å². The Morgan fingerprint density at radius 2 is 2.06 bits per heavy atom. The molecule has 2 fully saturated rings. The Bertz CT molecular complexity index is 408. The maximum atomic E-state index is 10.9. The van der Waals surface area contributed by atoms with E-state index in [0.29, 0.717) is 16.4 Å². The minimum atomic E-state index is -0.680. The quantitative estimate of drug-likeness (QED) is 0.893. The molecule has 2 bridgehead atoms. The number of pyridine rings is 1. The van der Waals surface area contributed by atoms with E-state index in [2.05, 4.69) is 16.7 Å². The van der Waals surface area contributed by atoms with E-state index in [4.69, 9.17) is 4.74 Å². The van der Waals surface area contributed by atoms with Crippen LogP contribution in [0.3, 0.4) is 0 Å². The fourth-order valence-corrected chi connectivity index (χ4v) is 5.02. The summed E-state index contributed by atoms with van der Waals surface area (Å²) in [4.78, 5) is 4.22. The molecule has 3 nitrogen and oxygen atoms in total. The van der Waals surface area contributed by atoms with Crippen molar-refractivity contribution in [3.05, 3.63) is 23.9 Å². The highest BCUT2D eigenvalue weighted by molar-refractivity contribution is 8.00. The van der Waals surface area contributed by atoms with Gasteiger partial charge in [0.15, 0.2) is 0 Å². The van der Waals surface area contributed by atoms with Crippen LogP contribution in [0.25, 0.3) is 0 Å². The first kappa shape index (κ1) is 12.3. The van der Waals surface area contributed by atoms with Crippen LogP contribution in [0.4, 0.5) is 0 Å². The number of rotatable bonds is 2. The highest BCUT2D eigenvalue weighted by atomic mass is 32.2. The molecule has 0 spiro atoms. The van der Waals surface area contributed by atoms with Gasteiger partial charge >= 0.3 is 0 Å². The smallest absolute Gasteiger partial charge is 0.212 e. The van der Waals surface area contributed by atoms with Crippen molar-refractivity contribution in [2.45, 2.75) is 48.2 Å². The van der Waals surface area contributed by atoms with Crippen LogP contribution in [-0.2, 0) is 5.60 Å². The Balaban J connectivity index is 1.84. The SMILES string of the molecule is COc1ccc(C2(O)CC3CCCC(C2)S3)cn1. The van der Waals surface area contributed by atoms with Gasteiger partial charge in [-0.25, -0.2) is 4.98 Å². The zero-order valence-electron chi connectivity index (χ0n) is 10.6. The summed E-state index contributed by atoms with van der Waals surface area (Å²) in [5, 5.41) is 12.1. The topological polar surface area (TPSA) is 42.4 Å². The number of methoxy groups -OCH3 is 1. The minimum Gasteiger partial charge on any atom is -0.481 e. The van der Waals surface area contributed by atoms with Crippen LogP contribution in [0, 0.1) is 0 Å². The Morgan fingerprint density at radius 1 is 1.33 bits per heavy atom. The summed E-state index contributed by atoms with van der Waals surface area (Å²) >= 11 is 2.07. The second-order valence-corrected chi connectivity index (χ2v) is 6.95. The van der Waals surface area contributed by atoms with Crippen molar-refractivity contribution < 1.29 is 9.84 Å². The van der Waals surface area contributed by atoms with Gasteiger partial charge in [-0.2, -0.15) is 11.8 Å². The standard InChI is InChI=1S/C14H19NO2S/c1-17-13-6-5-10(9-15-13)14(16)7-11-3-2-4-12(8-14)18-11/h5-6,9,11-12,16H,2-4,7-8H2,1H3. The van der Waals surface area contributed by atoms with Gasteiger partial charge in [0.1, 0.15) is 0 Å². The number of ether oxygens (including phenoxy) is 1. The maximum Gasteiger partial charge on any atom is 0.212 e. The minimum absolute atomic E-state index is 0.604. The number of hydrogen-bond donors (Lipinski definition) is 1. The van der Waals surface area contributed by atoms with E-state index in [0.717, 1.165) is 18.4 Å². The lowest BCUT2D eigenvalue weighted by atomic mass is 9.81. The van der Waals surface area contributed by atoms with Gasteiger partial charge in [0.25, 0.3) is 0 Å². The van der Waals surface area contributed by atoms with Gasteiger partial charge in [-0.1, -0.05) is 6.42 Å². The van der Waals surface area contributed by atoms with Gasteiger partial charge in [-0.15, -0.1) is 0 Å². The van der Waals surface area contributed by atoms with Gasteiger partial charge < -0.3 is 9.84 Å². The third-order valence-electron chi connectivity index (χ3n) is 4.05. The first-order valence-corrected chi connectivity index (χ1v) is 7.52. The van der Waals surface area contributed by atoms with Crippen molar-refractivity contribution in [1.82, 2.24) is 4.98 Å². The zero-order chi connectivity index (χ0) is 12.6. The Morgan fingerprint density at radius 3 is 2.61 bits per heavy atom. The third kappa shape index (κ3) is 2.24. The molecule has 18 heavy (non-hydrogen) atoms. The number of hydrogen-bond acceptors (Lipinski definition) is 4. The zero-order valence-corrected chi connectivity index (χ0v) is 11.4. The number of nitrogens with zero attached hydrogens (tertiary/aromatic N) is 1. The molecule has 0 radical (unpaired) electrons. The van der Waals surface area contributed by atoms with Gasteiger partial charge in [0.2, 0.25) is 5.88 Å². The summed E-state index contributed by atoms with van der Waals surface area (Å²) in [6.07, 6.45) is 7.30. The molecule has 2 atom stereocenters. The molecule has 2 aliphatic rings. The summed E-state index contributed by atoms with van der Waals surface area (Å²) in [6.45, 7) is 0. The summed E-state index contributed by atoms with van der Waals surface area (Å²) < 4.78 is 5.07. The van der Waals surface area contributed by atoms with Crippen LogP contribution >= 0.6 is 11.8 Å². The van der Waals surface area contributed by atoms with E-state index in [1.165, 1.54) is 19.3 Å². The van der Waals surface area contributed by atoms with Gasteiger partial charge in [-0.3, -0.25) is 0 Å². The average Bonchev–Trinajstić information content (AvgIpc) is 2.38. The fraction of sp³-hybridized carbons (Fsp3) is 0.643. The fourth-order valence-electron chi connectivity index (χ4n) is 3.13. The number of fused-ring (bicyclic) bond motifs is 2. The van der Waals surface area contributed by atoms with Crippen molar-refractivity contribution in [3.63, 3.8) is 0 Å². The summed E-state index contributed by atoms with van der Waals surface area (Å²) in [5.41, 5.74) is 0.265. The van der Waals surface area contributed by atoms with Gasteiger partial charge in [-0.05, 0) is 31.7 Å². The van der Waals surface area contributed by atoms with E-state index >= 15 is 0 Å². The lowest BCUT2D eigenvalue weighted by Gasteiger charge is -2.44. The van der Waals surface area contributed by atoms with Crippen LogP contribution in [0.5, 0.6) is 5.88 Å². The summed E-state index contributed by atoms with van der Waals surface area (Å²) in [7, 11) is 1.61. The summed E-state index contributed by atoms with van der Waals surface area (Å²) in [6, 6.07) is 3.79. The first-order chi connectivity index (χ1) is 8.69. The molecule has 0 aliphatic carbocycles. The molecule has 3 heterocycles. The van der Waals surface area contributed by atoms with Crippen LogP contribution < -0.4 is 4.74 Å². The molecule has 3 rings (SSSR count). The molecule has 4 heteroatoms. The molecule has 1 aromatic rings. The van der Waals surface area contributed by atoms with Crippen molar-refractivity contribution in [2.75, 3.05) is 7.11 Å². The highest BCUT2D eigenvalue weighted by Gasteiger charge is 2.42. The van der Waals surface area contributed by atoms with E-state index < -0.39 is 5.60 Å². The lowest BCUT2D eigenvalue weighted by Crippen LogP contribution is -2.40. The predicted molar refractivity (Wildman–Crippen MR) is 72.9 cm³/mol. The molecule has 2 unspecified atom stereocenters. The molecular formula is C14H19NO2S. The van der Waals surface area contributed by atoms with Gasteiger partial charge in [0.05, 0.1) is 12.7 Å².